The number of H-pyrrole nitrogens is 5. The van der Waals surface area contributed by atoms with Crippen LogP contribution in [0.3, 0.4) is 0 Å². The third kappa shape index (κ3) is 21.8. The summed E-state index contributed by atoms with van der Waals surface area (Å²) < 4.78 is 130. The Morgan fingerprint density at radius 3 is 1.01 bits per heavy atom. The molecule has 20 rings (SSSR count). The average molecular weight is 2120 g/mol. The van der Waals surface area contributed by atoms with Crippen LogP contribution in [0.4, 0.5) is 35.1 Å². The van der Waals surface area contributed by atoms with Gasteiger partial charge in [-0.05, 0) is 148 Å². The summed E-state index contributed by atoms with van der Waals surface area (Å²) in [7, 11) is 2.73. The van der Waals surface area contributed by atoms with Crippen molar-refractivity contribution in [3.63, 3.8) is 0 Å². The Morgan fingerprint density at radius 2 is 0.660 bits per heavy atom. The molecule has 0 fully saturated rings. The molecule has 150 heavy (non-hydrogen) atoms. The number of amides is 2. The number of fused-ring (bicyclic) bond motifs is 5. The normalized spacial score (nSPS) is 11.1. The second kappa shape index (κ2) is 45.4. The summed E-state index contributed by atoms with van der Waals surface area (Å²) in [6, 6.07) is 44.0. The highest BCUT2D eigenvalue weighted by Crippen LogP contribution is 2.43. The van der Waals surface area contributed by atoms with Gasteiger partial charge in [0.05, 0.1) is 89.9 Å². The van der Waals surface area contributed by atoms with Crippen molar-refractivity contribution in [2.75, 3.05) is 27.3 Å². The number of hydrogen-bond donors (Lipinski definition) is 9. The topological polar surface area (TPSA) is 422 Å². The smallest absolute Gasteiger partial charge is 0.355 e. The molecule has 0 bridgehead atoms. The van der Waals surface area contributed by atoms with Gasteiger partial charge in [-0.25, -0.2) is 74.4 Å². The number of nitrogens with one attached hydrogen (secondary N) is 7. The third-order valence-electron chi connectivity index (χ3n) is 23.8. The number of carbonyl (C=O) groups excluding carboxylic acids is 3. The number of carboxylic acid groups (broad SMARTS) is 2. The zero-order valence-electron chi connectivity index (χ0n) is 78.9. The van der Waals surface area contributed by atoms with Gasteiger partial charge in [0.25, 0.3) is 39.6 Å². The first-order chi connectivity index (χ1) is 72.1. The molecule has 5 aromatic carbocycles. The number of pyridine rings is 10. The summed E-state index contributed by atoms with van der Waals surface area (Å²) in [5.74, 6) is -9.05. The molecule has 0 radical (unpaired) electrons. The number of nitrogens with zero attached hydrogens (tertiary/aromatic N) is 10. The largest absolute Gasteiger partial charge is 0.481 e. The Morgan fingerprint density at radius 1 is 0.340 bits per heavy atom. The molecule has 2 amide bonds. The van der Waals surface area contributed by atoms with Crippen LogP contribution in [0.25, 0.3) is 111 Å². The van der Waals surface area contributed by atoms with E-state index in [1.54, 1.807) is 120 Å². The quantitative estimate of drug-likeness (QED) is 0.0212. The molecule has 0 aliphatic carbocycles. The summed E-state index contributed by atoms with van der Waals surface area (Å²) in [5, 5.41) is 28.7. The number of methoxy groups -OCH3 is 2. The van der Waals surface area contributed by atoms with Crippen LogP contribution in [-0.2, 0) is 37.5 Å². The standard InChI is InChI=1S/C23H20ClFN4O2.C22H17ClF2N4O2.C22H18FN3O4.2C20H12ClF2N3O3/c1-3-26-23(31)20-19(16-5-4-8-27-22(16)30)17-10-15(24)11-28-21(17)29(20)12-14-9-13(2)6-7-18(14)25;1-2-26-22(31)19-18(15-4-3-7-27-21(15)30)16-8-13(23)10-28-20(16)29(19)11-12-5-6-14(24)9-17(12)25;1-29-18-10-15-17(11-25-18)26(12-13-6-3-4-8-16(13)23)20(22(28)30-2)19(15)14-7-5-9-24-21(14)27;21-11-7-14-16(13-2-1-5-24-19(13)27)17(20(28)29)26(18(14)25-8-11)9-10-6-12(22)3-4-15(10)23;21-11-6-14-16(13-2-1-5-24-19(13)27)17(20(28)29)26(18(14)25-8-11)9-10-3-4-12(22)7-15(10)23/h4-11H,3,12H2,1-2H3,(H,26,31)(H,27,30);3-10H,2,11H2,1H3,(H,26,31)(H,27,30);3-11H,12H2,1-2H3,(H,24,27);2*1-8H,9H2,(H,24,27)(H,28,29). The molecule has 15 aromatic heterocycles. The summed E-state index contributed by atoms with van der Waals surface area (Å²) in [6.45, 7) is 5.63. The number of esters is 1. The SMILES string of the molecule is CCNC(=O)c1c(-c2ccc[nH]c2=O)c2cc(Cl)cnc2n1Cc1cc(C)ccc1F.CCNC(=O)c1c(-c2ccc[nH]c2=O)c2cc(Cl)cnc2n1Cc1ccc(F)cc1F.COC(=O)c1c(-c2ccc[nH]c2=O)c2cc(OC)ncc2n1Cc1ccccc1F.O=C(O)c1c(-c2ccc[nH]c2=O)c2cc(Cl)cnc2n1Cc1cc(F)ccc1F.O=C(O)c1c(-c2ccc[nH]c2=O)c2cc(Cl)cnc2n1Cc1ccc(F)cc1F. The van der Waals surface area contributed by atoms with Gasteiger partial charge in [-0.15, -0.1) is 0 Å². The Bertz CT molecular complexity index is 9090. The molecule has 0 atom stereocenters. The van der Waals surface area contributed by atoms with E-state index in [1.165, 1.54) is 138 Å². The van der Waals surface area contributed by atoms with Crippen molar-refractivity contribution in [2.24, 2.45) is 0 Å². The number of carbonyl (C=O) groups is 5. The lowest BCUT2D eigenvalue weighted by Crippen LogP contribution is -2.27. The summed E-state index contributed by atoms with van der Waals surface area (Å²) in [6.07, 6.45) is 14.4. The van der Waals surface area contributed by atoms with Crippen molar-refractivity contribution in [1.29, 1.82) is 0 Å². The highest BCUT2D eigenvalue weighted by Gasteiger charge is 2.35. The van der Waals surface area contributed by atoms with Crippen molar-refractivity contribution < 1.29 is 78.8 Å². The Balaban J connectivity index is 0.000000133. The van der Waals surface area contributed by atoms with E-state index in [-0.39, 0.29) is 155 Å². The van der Waals surface area contributed by atoms with Crippen molar-refractivity contribution in [1.82, 2.24) is 83.3 Å². The monoisotopic (exact) mass is 2120 g/mol. The Labute approximate surface area is 860 Å². The van der Waals surface area contributed by atoms with Crippen molar-refractivity contribution in [2.45, 2.75) is 53.5 Å². The minimum atomic E-state index is -1.35. The fourth-order valence-corrected chi connectivity index (χ4v) is 18.0. The fourth-order valence-electron chi connectivity index (χ4n) is 17.4. The number of carboxylic acids is 2. The number of aromatic nitrogens is 15. The molecule has 0 saturated heterocycles. The zero-order chi connectivity index (χ0) is 107. The molecule has 0 aliphatic rings. The molecule has 0 unspecified atom stereocenters. The second-order valence-electron chi connectivity index (χ2n) is 33.2. The van der Waals surface area contributed by atoms with Crippen LogP contribution >= 0.6 is 46.4 Å². The van der Waals surface area contributed by atoms with Crippen LogP contribution in [0.15, 0.2) is 274 Å². The maximum atomic E-state index is 14.6. The number of halogens is 12. The lowest BCUT2D eigenvalue weighted by molar-refractivity contribution is 0.0588. The van der Waals surface area contributed by atoms with Gasteiger partial charge in [0.2, 0.25) is 5.88 Å². The number of ether oxygens (including phenoxy) is 2. The number of benzene rings is 5. The van der Waals surface area contributed by atoms with Gasteiger partial charge in [-0.2, -0.15) is 0 Å². The first-order valence-electron chi connectivity index (χ1n) is 45.2. The van der Waals surface area contributed by atoms with E-state index in [1.807, 2.05) is 6.92 Å². The van der Waals surface area contributed by atoms with Crippen LogP contribution in [-0.4, -0.2) is 140 Å². The van der Waals surface area contributed by atoms with E-state index in [2.05, 4.69) is 60.5 Å². The van der Waals surface area contributed by atoms with Gasteiger partial charge in [-0.1, -0.05) is 94.4 Å². The number of rotatable bonds is 23. The van der Waals surface area contributed by atoms with Crippen LogP contribution in [0.2, 0.25) is 20.1 Å². The van der Waals surface area contributed by atoms with E-state index < -0.39 is 81.2 Å². The highest BCUT2D eigenvalue weighted by atomic mass is 35.5. The molecular formula is C107H79Cl4F8N17O14. The zero-order valence-corrected chi connectivity index (χ0v) is 81.9. The molecule has 9 N–H and O–H groups in total. The predicted octanol–water partition coefficient (Wildman–Crippen LogP) is 19.9. The van der Waals surface area contributed by atoms with Gasteiger partial charge in [-0.3, -0.25) is 33.6 Å². The minimum Gasteiger partial charge on any atom is -0.481 e. The van der Waals surface area contributed by atoms with Crippen molar-refractivity contribution in [3.8, 4) is 61.5 Å². The van der Waals surface area contributed by atoms with E-state index in [0.29, 0.717) is 112 Å². The van der Waals surface area contributed by atoms with E-state index in [4.69, 9.17) is 55.9 Å². The number of aryl methyl sites for hydroxylation is 1. The summed E-state index contributed by atoms with van der Waals surface area (Å²) in [4.78, 5) is 160. The molecule has 0 saturated carbocycles. The molecule has 20 aromatic rings. The highest BCUT2D eigenvalue weighted by molar-refractivity contribution is 6.33. The fraction of sp³-hybridized carbons (Fsp3) is 0.112. The van der Waals surface area contributed by atoms with Gasteiger partial charge in [0.15, 0.2) is 0 Å². The maximum Gasteiger partial charge on any atom is 0.355 e. The lowest BCUT2D eigenvalue weighted by atomic mass is 10.0. The molecule has 15 heterocycles. The number of aromatic amines is 5. The first-order valence-corrected chi connectivity index (χ1v) is 46.7. The van der Waals surface area contributed by atoms with E-state index >= 15 is 0 Å². The van der Waals surface area contributed by atoms with Crippen LogP contribution in [0, 0.1) is 53.5 Å². The number of aromatic carboxylic acids is 2. The first kappa shape index (κ1) is 105. The van der Waals surface area contributed by atoms with Crippen molar-refractivity contribution >= 4 is 131 Å². The molecule has 31 nitrogen and oxygen atoms in total. The molecular weight excluding hydrogens is 2040 g/mol. The summed E-state index contributed by atoms with van der Waals surface area (Å²) in [5.41, 5.74) is 3.72. The van der Waals surface area contributed by atoms with Crippen LogP contribution in [0.5, 0.6) is 5.88 Å². The van der Waals surface area contributed by atoms with Gasteiger partial charge in [0, 0.05) is 186 Å². The van der Waals surface area contributed by atoms with Gasteiger partial charge in [0.1, 0.15) is 97.6 Å². The molecule has 760 valence electrons. The van der Waals surface area contributed by atoms with Crippen LogP contribution in [0.1, 0.15) is 99.7 Å². The van der Waals surface area contributed by atoms with E-state index in [9.17, 15) is 93.3 Å². The minimum absolute atomic E-state index is 0.0480. The lowest BCUT2D eigenvalue weighted by Gasteiger charge is -2.13. The second-order valence-corrected chi connectivity index (χ2v) is 34.9. The Hall–Kier alpha value is -18.0. The molecule has 43 heteroatoms. The van der Waals surface area contributed by atoms with Crippen LogP contribution < -0.4 is 43.2 Å². The van der Waals surface area contributed by atoms with Gasteiger partial charge < -0.3 is 78.1 Å². The Kier molecular flexibility index (Phi) is 31.7. The predicted molar refractivity (Wildman–Crippen MR) is 549 cm³/mol. The molecule has 0 aliphatic heterocycles. The van der Waals surface area contributed by atoms with Crippen molar-refractivity contribution in [3.05, 3.63) is 430 Å². The third-order valence-corrected chi connectivity index (χ3v) is 24.6. The van der Waals surface area contributed by atoms with E-state index in [0.717, 1.165) is 42.0 Å². The molecule has 0 spiro atoms. The number of hydrogen-bond acceptors (Lipinski definition) is 17. The summed E-state index contributed by atoms with van der Waals surface area (Å²) >= 11 is 24.5. The van der Waals surface area contributed by atoms with Gasteiger partial charge >= 0.3 is 17.9 Å². The maximum absolute atomic E-state index is 14.6. The average Bonchev–Trinajstić information content (AvgIpc) is 1.61.